The molecular formula is C19H18N2O3. The van der Waals surface area contributed by atoms with E-state index < -0.39 is 12.1 Å². The summed E-state index contributed by atoms with van der Waals surface area (Å²) in [4.78, 5) is 25.0. The normalized spacial score (nSPS) is 17.0. The fourth-order valence-electron chi connectivity index (χ4n) is 2.86. The molecule has 2 aromatic rings. The molecule has 3 rings (SSSR count). The van der Waals surface area contributed by atoms with Gasteiger partial charge in [-0.1, -0.05) is 36.3 Å². The monoisotopic (exact) mass is 322 g/mol. The van der Waals surface area contributed by atoms with Crippen molar-refractivity contribution in [1.82, 2.24) is 10.2 Å². The van der Waals surface area contributed by atoms with E-state index in [4.69, 9.17) is 10.8 Å². The highest BCUT2D eigenvalue weighted by atomic mass is 16.3. The first-order valence-corrected chi connectivity index (χ1v) is 7.82. The maximum absolute atomic E-state index is 11.9. The van der Waals surface area contributed by atoms with E-state index in [2.05, 4.69) is 11.2 Å². The molecule has 3 amide bonds. The lowest BCUT2D eigenvalue weighted by atomic mass is 10.1. The zero-order valence-corrected chi connectivity index (χ0v) is 13.2. The van der Waals surface area contributed by atoms with Gasteiger partial charge >= 0.3 is 6.03 Å². The Labute approximate surface area is 140 Å². The van der Waals surface area contributed by atoms with Crippen molar-refractivity contribution >= 4 is 11.9 Å². The Balaban J connectivity index is 1.60. The van der Waals surface area contributed by atoms with Gasteiger partial charge in [0.1, 0.15) is 11.8 Å². The molecule has 1 aromatic carbocycles. The molecule has 1 atom stereocenters. The van der Waals surface area contributed by atoms with Crippen molar-refractivity contribution in [3.8, 4) is 12.3 Å². The van der Waals surface area contributed by atoms with E-state index in [1.165, 1.54) is 10.5 Å². The molecule has 1 aromatic heterocycles. The molecule has 0 radical (unpaired) electrons. The third kappa shape index (κ3) is 3.49. The average Bonchev–Trinajstić information content (AvgIpc) is 3.12. The minimum atomic E-state index is -0.513. The minimum absolute atomic E-state index is 0.132. The van der Waals surface area contributed by atoms with Crippen LogP contribution in [0.5, 0.6) is 0 Å². The van der Waals surface area contributed by atoms with E-state index in [1.54, 1.807) is 6.26 Å². The quantitative estimate of drug-likeness (QED) is 0.656. The number of hydrogen-bond donors (Lipinski definition) is 1. The van der Waals surface area contributed by atoms with Crippen LogP contribution in [0.15, 0.2) is 47.1 Å². The largest absolute Gasteiger partial charge is 0.469 e. The van der Waals surface area contributed by atoms with E-state index >= 15 is 0 Å². The number of nitrogens with one attached hydrogen (secondary N) is 1. The van der Waals surface area contributed by atoms with Crippen LogP contribution in [0.3, 0.4) is 0 Å². The summed E-state index contributed by atoms with van der Waals surface area (Å²) in [7, 11) is 0. The highest BCUT2D eigenvalue weighted by Crippen LogP contribution is 2.18. The molecule has 1 fully saturated rings. The van der Waals surface area contributed by atoms with Crippen LogP contribution in [0.1, 0.15) is 23.3 Å². The molecule has 1 unspecified atom stereocenters. The molecule has 1 saturated heterocycles. The highest BCUT2D eigenvalue weighted by Gasteiger charge is 2.37. The molecule has 24 heavy (non-hydrogen) atoms. The first kappa shape index (κ1) is 15.9. The fraction of sp³-hybridized carbons (Fsp3) is 0.263. The summed E-state index contributed by atoms with van der Waals surface area (Å²) in [5, 5.41) is 2.30. The highest BCUT2D eigenvalue weighted by molar-refractivity contribution is 6.04. The molecule has 1 aliphatic heterocycles. The Morgan fingerprint density at radius 3 is 2.75 bits per heavy atom. The van der Waals surface area contributed by atoms with Gasteiger partial charge in [-0.2, -0.15) is 0 Å². The van der Waals surface area contributed by atoms with Gasteiger partial charge in [-0.3, -0.25) is 10.1 Å². The lowest BCUT2D eigenvalue weighted by molar-refractivity contribution is -0.121. The summed E-state index contributed by atoms with van der Waals surface area (Å²) < 4.78 is 5.59. The Morgan fingerprint density at radius 1 is 1.21 bits per heavy atom. The van der Waals surface area contributed by atoms with Crippen LogP contribution in [-0.4, -0.2) is 29.4 Å². The predicted molar refractivity (Wildman–Crippen MR) is 89.1 cm³/mol. The summed E-state index contributed by atoms with van der Waals surface area (Å²) in [5.74, 6) is 3.00. The van der Waals surface area contributed by atoms with Crippen LogP contribution < -0.4 is 5.32 Å². The molecular weight excluding hydrogens is 304 g/mol. The summed E-state index contributed by atoms with van der Waals surface area (Å²) in [6.45, 7) is 0.132. The van der Waals surface area contributed by atoms with Crippen molar-refractivity contribution < 1.29 is 14.0 Å². The smallest absolute Gasteiger partial charge is 0.325 e. The molecule has 1 aliphatic rings. The van der Waals surface area contributed by atoms with Crippen molar-refractivity contribution in [2.24, 2.45) is 0 Å². The number of furan rings is 1. The van der Waals surface area contributed by atoms with Crippen molar-refractivity contribution in [1.29, 1.82) is 0 Å². The number of amides is 3. The lowest BCUT2D eigenvalue weighted by Gasteiger charge is -2.18. The van der Waals surface area contributed by atoms with Crippen molar-refractivity contribution in [3.05, 3.63) is 59.5 Å². The third-order valence-electron chi connectivity index (χ3n) is 4.07. The number of imide groups is 1. The molecule has 122 valence electrons. The van der Waals surface area contributed by atoms with Gasteiger partial charge in [0.2, 0.25) is 0 Å². The molecule has 0 saturated carbocycles. The first-order chi connectivity index (χ1) is 11.7. The predicted octanol–water partition coefficient (Wildman–Crippen LogP) is 2.36. The van der Waals surface area contributed by atoms with Crippen molar-refractivity contribution in [2.75, 3.05) is 6.54 Å². The summed E-state index contributed by atoms with van der Waals surface area (Å²) in [6.07, 6.45) is 8.86. The zero-order chi connectivity index (χ0) is 16.9. The topological polar surface area (TPSA) is 62.6 Å². The fourth-order valence-corrected chi connectivity index (χ4v) is 2.86. The van der Waals surface area contributed by atoms with Gasteiger partial charge in [0.15, 0.2) is 0 Å². The van der Waals surface area contributed by atoms with Crippen LogP contribution >= 0.6 is 0 Å². The number of rotatable bonds is 6. The van der Waals surface area contributed by atoms with Crippen LogP contribution in [0, 0.1) is 12.3 Å². The molecule has 0 bridgehead atoms. The molecule has 0 spiro atoms. The van der Waals surface area contributed by atoms with Gasteiger partial charge in [0.25, 0.3) is 5.91 Å². The van der Waals surface area contributed by atoms with Crippen molar-refractivity contribution in [2.45, 2.75) is 25.3 Å². The summed E-state index contributed by atoms with van der Waals surface area (Å²) in [5.41, 5.74) is 2.19. The average molecular weight is 322 g/mol. The van der Waals surface area contributed by atoms with Gasteiger partial charge in [-0.05, 0) is 30.0 Å². The first-order valence-electron chi connectivity index (χ1n) is 7.82. The number of aryl methyl sites for hydroxylation is 1. The number of benzene rings is 1. The van der Waals surface area contributed by atoms with E-state index in [0.29, 0.717) is 12.8 Å². The number of carbonyl (C=O) groups is 2. The van der Waals surface area contributed by atoms with E-state index in [1.807, 2.05) is 36.4 Å². The van der Waals surface area contributed by atoms with Crippen LogP contribution in [0.2, 0.25) is 0 Å². The number of urea groups is 1. The lowest BCUT2D eigenvalue weighted by Crippen LogP contribution is -2.35. The number of carbonyl (C=O) groups excluding carboxylic acids is 2. The summed E-state index contributed by atoms with van der Waals surface area (Å²) in [6, 6.07) is 11.1. The Hall–Kier alpha value is -3.00. The zero-order valence-electron chi connectivity index (χ0n) is 13.2. The van der Waals surface area contributed by atoms with E-state index in [9.17, 15) is 9.59 Å². The standard InChI is InChI=1S/C19H18N2O3/c1-2-10-21-17(18(22)20-19(21)23)9-8-15-12-16(24-13-15)11-14-6-4-3-5-7-14/h1,3-7,12-13,17H,8-11H2,(H,20,22,23). The van der Waals surface area contributed by atoms with Gasteiger partial charge in [-0.25, -0.2) is 4.79 Å². The van der Waals surface area contributed by atoms with Gasteiger partial charge in [0.05, 0.1) is 12.8 Å². The number of hydrogen-bond acceptors (Lipinski definition) is 3. The molecule has 0 aliphatic carbocycles. The second kappa shape index (κ2) is 7.05. The molecule has 5 heteroatoms. The van der Waals surface area contributed by atoms with Crippen LogP contribution in [0.25, 0.3) is 0 Å². The second-order valence-corrected chi connectivity index (χ2v) is 5.76. The maximum Gasteiger partial charge on any atom is 0.325 e. The Morgan fingerprint density at radius 2 is 2.00 bits per heavy atom. The SMILES string of the molecule is C#CCN1C(=O)NC(=O)C1CCc1coc(Cc2ccccc2)c1. The molecule has 2 heterocycles. The van der Waals surface area contributed by atoms with Crippen molar-refractivity contribution in [3.63, 3.8) is 0 Å². The Kier molecular flexibility index (Phi) is 4.66. The maximum atomic E-state index is 11.9. The van der Waals surface area contributed by atoms with Gasteiger partial charge < -0.3 is 9.32 Å². The third-order valence-corrected chi connectivity index (χ3v) is 4.07. The van der Waals surface area contributed by atoms with Gasteiger partial charge in [0, 0.05) is 6.42 Å². The summed E-state index contributed by atoms with van der Waals surface area (Å²) >= 11 is 0. The number of terminal acetylenes is 1. The van der Waals surface area contributed by atoms with E-state index in [0.717, 1.165) is 17.7 Å². The van der Waals surface area contributed by atoms with E-state index in [-0.39, 0.29) is 12.5 Å². The molecule has 5 nitrogen and oxygen atoms in total. The van der Waals surface area contributed by atoms with Crippen LogP contribution in [-0.2, 0) is 17.6 Å². The minimum Gasteiger partial charge on any atom is -0.469 e. The van der Waals surface area contributed by atoms with Crippen LogP contribution in [0.4, 0.5) is 4.79 Å². The molecule has 1 N–H and O–H groups in total. The Bertz CT molecular complexity index is 773. The van der Waals surface area contributed by atoms with Gasteiger partial charge in [-0.15, -0.1) is 6.42 Å². The number of nitrogens with zero attached hydrogens (tertiary/aromatic N) is 1. The second-order valence-electron chi connectivity index (χ2n) is 5.76.